The molecule has 0 radical (unpaired) electrons. The number of aliphatic imine (C=N–C) groups is 1. The molecule has 0 heterocycles. The van der Waals surface area contributed by atoms with Crippen LogP contribution in [0.4, 0.5) is 4.39 Å². The van der Waals surface area contributed by atoms with Crippen LogP contribution in [0.25, 0.3) is 0 Å². The van der Waals surface area contributed by atoms with Gasteiger partial charge in [0.05, 0.1) is 19.8 Å². The minimum Gasteiger partial charge on any atom is -0.379 e. The van der Waals surface area contributed by atoms with E-state index in [4.69, 9.17) is 9.47 Å². The Hall–Kier alpha value is -2.44. The molecule has 158 valence electrons. The lowest BCUT2D eigenvalue weighted by molar-refractivity contribution is 0.0453. The van der Waals surface area contributed by atoms with E-state index < -0.39 is 0 Å². The zero-order chi connectivity index (χ0) is 20.9. The maximum atomic E-state index is 13.2. The number of hydrogen-bond acceptors (Lipinski definition) is 3. The van der Waals surface area contributed by atoms with Gasteiger partial charge >= 0.3 is 0 Å². The van der Waals surface area contributed by atoms with Crippen LogP contribution >= 0.6 is 0 Å². The molecule has 0 aromatic heterocycles. The van der Waals surface area contributed by atoms with E-state index in [-0.39, 0.29) is 5.82 Å². The molecule has 0 bridgehead atoms. The average Bonchev–Trinajstić information content (AvgIpc) is 2.72. The Bertz CT molecular complexity index is 780. The van der Waals surface area contributed by atoms with Crippen LogP contribution in [0.3, 0.4) is 0 Å². The van der Waals surface area contributed by atoms with Crippen LogP contribution in [-0.2, 0) is 29.0 Å². The van der Waals surface area contributed by atoms with Gasteiger partial charge in [0.25, 0.3) is 0 Å². The van der Waals surface area contributed by atoms with Gasteiger partial charge in [-0.2, -0.15) is 0 Å². The maximum Gasteiger partial charge on any atom is 0.191 e. The van der Waals surface area contributed by atoms with E-state index in [9.17, 15) is 4.39 Å². The summed E-state index contributed by atoms with van der Waals surface area (Å²) in [6, 6.07) is 13.2. The second-order valence-corrected chi connectivity index (χ2v) is 6.74. The van der Waals surface area contributed by atoms with Gasteiger partial charge in [0.15, 0.2) is 5.96 Å². The number of halogens is 1. The van der Waals surface area contributed by atoms with Gasteiger partial charge in [-0.05, 0) is 54.7 Å². The average molecular weight is 402 g/mol. The standard InChI is InChI=1S/C23H32FN3O2/c1-4-28-12-13-29-17-20-7-5-6-19(15-20)16-27-23(25-3)26-11-10-21-8-9-22(24)14-18(21)2/h5-9,14-15H,4,10-13,16-17H2,1-3H3,(H2,25,26,27). The highest BCUT2D eigenvalue weighted by atomic mass is 19.1. The van der Waals surface area contributed by atoms with Gasteiger partial charge in [-0.1, -0.05) is 30.3 Å². The normalized spacial score (nSPS) is 11.5. The molecule has 0 saturated carbocycles. The van der Waals surface area contributed by atoms with Crippen molar-refractivity contribution in [3.8, 4) is 0 Å². The Labute approximate surface area is 173 Å². The van der Waals surface area contributed by atoms with E-state index in [0.29, 0.717) is 33.0 Å². The summed E-state index contributed by atoms with van der Waals surface area (Å²) in [6.45, 7) is 7.80. The number of rotatable bonds is 11. The summed E-state index contributed by atoms with van der Waals surface area (Å²) >= 11 is 0. The third-order valence-corrected chi connectivity index (χ3v) is 4.51. The Morgan fingerprint density at radius 1 is 1.03 bits per heavy atom. The molecule has 0 spiro atoms. The summed E-state index contributed by atoms with van der Waals surface area (Å²) in [6.07, 6.45) is 0.807. The first-order valence-corrected chi connectivity index (χ1v) is 10.0. The van der Waals surface area contributed by atoms with Crippen LogP contribution in [0.15, 0.2) is 47.5 Å². The van der Waals surface area contributed by atoms with E-state index >= 15 is 0 Å². The first kappa shape index (κ1) is 22.8. The first-order valence-electron chi connectivity index (χ1n) is 10.0. The number of aryl methyl sites for hydroxylation is 1. The first-order chi connectivity index (χ1) is 14.1. The van der Waals surface area contributed by atoms with Crippen LogP contribution in [0.5, 0.6) is 0 Å². The van der Waals surface area contributed by atoms with Crippen LogP contribution in [0.2, 0.25) is 0 Å². The second kappa shape index (κ2) is 12.9. The zero-order valence-corrected chi connectivity index (χ0v) is 17.6. The number of benzene rings is 2. The molecule has 0 aliphatic carbocycles. The SMILES string of the molecule is CCOCCOCc1cccc(CNC(=NC)NCCc2ccc(F)cc2C)c1. The minimum absolute atomic E-state index is 0.196. The van der Waals surface area contributed by atoms with Gasteiger partial charge in [-0.15, -0.1) is 0 Å². The molecule has 2 rings (SSSR count). The third-order valence-electron chi connectivity index (χ3n) is 4.51. The lowest BCUT2D eigenvalue weighted by Crippen LogP contribution is -2.37. The van der Waals surface area contributed by atoms with Crippen LogP contribution < -0.4 is 10.6 Å². The summed E-state index contributed by atoms with van der Waals surface area (Å²) in [5.41, 5.74) is 4.39. The van der Waals surface area contributed by atoms with Crippen LogP contribution in [-0.4, -0.2) is 39.4 Å². The highest BCUT2D eigenvalue weighted by Gasteiger charge is 2.03. The second-order valence-electron chi connectivity index (χ2n) is 6.74. The zero-order valence-electron chi connectivity index (χ0n) is 17.6. The van der Waals surface area contributed by atoms with E-state index in [0.717, 1.165) is 41.2 Å². The predicted molar refractivity (Wildman–Crippen MR) is 116 cm³/mol. The fourth-order valence-corrected chi connectivity index (χ4v) is 2.94. The molecule has 0 atom stereocenters. The summed E-state index contributed by atoms with van der Waals surface area (Å²) in [7, 11) is 1.75. The van der Waals surface area contributed by atoms with Crippen molar-refractivity contribution >= 4 is 5.96 Å². The molecule has 0 unspecified atom stereocenters. The maximum absolute atomic E-state index is 13.2. The van der Waals surface area contributed by atoms with Crippen molar-refractivity contribution in [1.82, 2.24) is 10.6 Å². The number of nitrogens with zero attached hydrogens (tertiary/aromatic N) is 1. The summed E-state index contributed by atoms with van der Waals surface area (Å²) in [4.78, 5) is 4.27. The Morgan fingerprint density at radius 2 is 1.83 bits per heavy atom. The van der Waals surface area contributed by atoms with E-state index in [1.54, 1.807) is 13.1 Å². The predicted octanol–water partition coefficient (Wildman–Crippen LogP) is 3.59. The molecule has 2 N–H and O–H groups in total. The molecule has 0 amide bonds. The smallest absolute Gasteiger partial charge is 0.191 e. The molecule has 6 heteroatoms. The summed E-state index contributed by atoms with van der Waals surface area (Å²) in [5.74, 6) is 0.543. The third kappa shape index (κ3) is 8.62. The van der Waals surface area contributed by atoms with Gasteiger partial charge < -0.3 is 20.1 Å². The molecular weight excluding hydrogens is 369 g/mol. The molecule has 2 aromatic carbocycles. The van der Waals surface area contributed by atoms with E-state index in [2.05, 4.69) is 33.8 Å². The van der Waals surface area contributed by atoms with Crippen molar-refractivity contribution in [3.05, 3.63) is 70.5 Å². The Kier molecular flexibility index (Phi) is 10.2. The summed E-state index contributed by atoms with van der Waals surface area (Å²) < 4.78 is 24.1. The van der Waals surface area contributed by atoms with Crippen LogP contribution in [0, 0.1) is 12.7 Å². The lowest BCUT2D eigenvalue weighted by atomic mass is 10.1. The van der Waals surface area contributed by atoms with Crippen LogP contribution in [0.1, 0.15) is 29.2 Å². The quantitative estimate of drug-likeness (QED) is 0.343. The van der Waals surface area contributed by atoms with Gasteiger partial charge in [0, 0.05) is 26.7 Å². The summed E-state index contributed by atoms with van der Waals surface area (Å²) in [5, 5.41) is 6.63. The number of nitrogens with one attached hydrogen (secondary N) is 2. The fraction of sp³-hybridized carbons (Fsp3) is 0.435. The largest absolute Gasteiger partial charge is 0.379 e. The fourth-order valence-electron chi connectivity index (χ4n) is 2.94. The highest BCUT2D eigenvalue weighted by Crippen LogP contribution is 2.10. The minimum atomic E-state index is -0.196. The molecule has 0 aliphatic rings. The number of guanidine groups is 1. The van der Waals surface area contributed by atoms with E-state index in [1.165, 1.54) is 6.07 Å². The van der Waals surface area contributed by atoms with Gasteiger partial charge in [-0.25, -0.2) is 4.39 Å². The molecular formula is C23H32FN3O2. The monoisotopic (exact) mass is 401 g/mol. The van der Waals surface area contributed by atoms with Gasteiger partial charge in [0.2, 0.25) is 0 Å². The molecule has 0 saturated heterocycles. The van der Waals surface area contributed by atoms with Crippen molar-refractivity contribution in [3.63, 3.8) is 0 Å². The molecule has 0 aliphatic heterocycles. The van der Waals surface area contributed by atoms with Crippen molar-refractivity contribution < 1.29 is 13.9 Å². The molecule has 5 nitrogen and oxygen atoms in total. The van der Waals surface area contributed by atoms with Crippen molar-refractivity contribution in [2.75, 3.05) is 33.4 Å². The molecule has 29 heavy (non-hydrogen) atoms. The lowest BCUT2D eigenvalue weighted by Gasteiger charge is -2.13. The Morgan fingerprint density at radius 3 is 2.59 bits per heavy atom. The number of ether oxygens (including phenoxy) is 2. The molecule has 0 fully saturated rings. The highest BCUT2D eigenvalue weighted by molar-refractivity contribution is 5.79. The topological polar surface area (TPSA) is 54.9 Å². The Balaban J connectivity index is 1.75. The van der Waals surface area contributed by atoms with Gasteiger partial charge in [-0.3, -0.25) is 4.99 Å². The van der Waals surface area contributed by atoms with Crippen molar-refractivity contribution in [2.45, 2.75) is 33.4 Å². The molecule has 2 aromatic rings. The van der Waals surface area contributed by atoms with Gasteiger partial charge in [0.1, 0.15) is 5.82 Å². The van der Waals surface area contributed by atoms with Crippen molar-refractivity contribution in [1.29, 1.82) is 0 Å². The van der Waals surface area contributed by atoms with Crippen molar-refractivity contribution in [2.24, 2.45) is 4.99 Å². The number of hydrogen-bond donors (Lipinski definition) is 2. The van der Waals surface area contributed by atoms with E-state index in [1.807, 2.05) is 26.0 Å².